The predicted octanol–water partition coefficient (Wildman–Crippen LogP) is 12.1. The molecule has 50 heavy (non-hydrogen) atoms. The van der Waals surface area contributed by atoms with E-state index in [0.717, 1.165) is 38.0 Å². The monoisotopic (exact) mass is 871 g/mol. The Kier molecular flexibility index (Phi) is 10.6. The van der Waals surface area contributed by atoms with Gasteiger partial charge >= 0.3 is 0 Å². The summed E-state index contributed by atoms with van der Waals surface area (Å²) in [7, 11) is -1.67. The molecule has 0 amide bonds. The van der Waals surface area contributed by atoms with Crippen molar-refractivity contribution >= 4 is 44.8 Å². The Morgan fingerprint density at radius 2 is 1.48 bits per heavy atom. The van der Waals surface area contributed by atoms with Crippen molar-refractivity contribution in [1.82, 2.24) is 9.97 Å². The molecule has 7 aromatic rings. The summed E-state index contributed by atoms with van der Waals surface area (Å²) in [6, 6.07) is 40.9. The van der Waals surface area contributed by atoms with Gasteiger partial charge in [-0.15, -0.1) is 59.7 Å². The molecule has 0 aliphatic carbocycles. The normalized spacial score (nSPS) is 13.2. The third-order valence-electron chi connectivity index (χ3n) is 8.15. The van der Waals surface area contributed by atoms with Crippen molar-refractivity contribution in [3.05, 3.63) is 139 Å². The minimum Gasteiger partial charge on any atom is -0.305 e. The molecule has 4 aromatic carbocycles. The van der Waals surface area contributed by atoms with Gasteiger partial charge in [-0.2, -0.15) is 11.3 Å². The zero-order valence-electron chi connectivity index (χ0n) is 33.8. The first-order valence-electron chi connectivity index (χ1n) is 19.0. The van der Waals surface area contributed by atoms with Crippen LogP contribution in [0, 0.1) is 24.0 Å². The quantitative estimate of drug-likeness (QED) is 0.112. The Bertz CT molecular complexity index is 2350. The van der Waals surface area contributed by atoms with Crippen molar-refractivity contribution in [2.75, 3.05) is 0 Å². The van der Waals surface area contributed by atoms with Gasteiger partial charge < -0.3 is 9.97 Å². The number of rotatable bonds is 8. The van der Waals surface area contributed by atoms with Crippen LogP contribution in [0.5, 0.6) is 0 Å². The Labute approximate surface area is 323 Å². The number of benzene rings is 4. The van der Waals surface area contributed by atoms with E-state index in [1.54, 1.807) is 23.6 Å². The van der Waals surface area contributed by atoms with Gasteiger partial charge in [-0.25, -0.2) is 0 Å². The van der Waals surface area contributed by atoms with Crippen molar-refractivity contribution in [2.45, 2.75) is 60.1 Å². The summed E-state index contributed by atoms with van der Waals surface area (Å²) in [5.41, 5.74) is 7.26. The second-order valence-electron chi connectivity index (χ2n) is 13.9. The second-order valence-corrected chi connectivity index (χ2v) is 20.0. The van der Waals surface area contributed by atoms with Gasteiger partial charge in [-0.1, -0.05) is 118 Å². The van der Waals surface area contributed by atoms with Crippen molar-refractivity contribution in [3.63, 3.8) is 0 Å². The average molecular weight is 871 g/mol. The van der Waals surface area contributed by atoms with Crippen LogP contribution in [0.3, 0.4) is 0 Å². The Morgan fingerprint density at radius 1 is 0.720 bits per heavy atom. The van der Waals surface area contributed by atoms with Crippen molar-refractivity contribution in [2.24, 2.45) is 11.8 Å². The molecular weight excluding hydrogens is 821 g/mol. The molecule has 2 nitrogen and oxygen atoms in total. The molecule has 0 spiro atoms. The van der Waals surface area contributed by atoms with Gasteiger partial charge in [0.1, 0.15) is 0 Å². The number of thiophene rings is 1. The van der Waals surface area contributed by atoms with E-state index < -0.39 is 20.8 Å². The molecule has 0 aliphatic heterocycles. The number of pyridine rings is 2. The summed E-state index contributed by atoms with van der Waals surface area (Å²) in [6.07, 6.45) is 0.828. The number of hydrogen-bond acceptors (Lipinski definition) is 3. The van der Waals surface area contributed by atoms with E-state index in [0.29, 0.717) is 5.56 Å². The summed E-state index contributed by atoms with van der Waals surface area (Å²) in [5.74, 6) is -0.208. The molecular formula is C45H46IrN2SSi-2. The molecule has 5 heteroatoms. The van der Waals surface area contributed by atoms with Gasteiger partial charge in [0.2, 0.25) is 0 Å². The van der Waals surface area contributed by atoms with E-state index >= 15 is 0 Å². The van der Waals surface area contributed by atoms with E-state index in [2.05, 4.69) is 90.3 Å². The fourth-order valence-corrected chi connectivity index (χ4v) is 8.57. The summed E-state index contributed by atoms with van der Waals surface area (Å²) in [5, 5.41) is 3.52. The standard InChI is InChI=1S/C27H22NS.C18H24NSi.Ir/c1-18(2)15-19-13-14-28-25(16-19)24-10-6-9-23-22-12-11-21(17-26(22)29-27(23)24)20-7-4-3-5-8-20;1-14(2)11-16-12-17(15-9-7-6-8-10-15)19-13-18(16)20(3,4)5;/h3-9,11-14,16-18H,15H2,1-2H3;6-9,12-14H,11H2,1-5H3;/q2*-1;/i15D2;11D2;. The van der Waals surface area contributed by atoms with Crippen LogP contribution >= 0.6 is 11.3 Å². The molecule has 0 bridgehead atoms. The maximum Gasteiger partial charge on any atom is 0.0798 e. The second kappa shape index (κ2) is 16.5. The average Bonchev–Trinajstić information content (AvgIpc) is 3.53. The molecule has 3 aromatic heterocycles. The topological polar surface area (TPSA) is 25.8 Å². The number of aromatic nitrogens is 2. The molecule has 1 radical (unpaired) electrons. The molecule has 0 fully saturated rings. The summed E-state index contributed by atoms with van der Waals surface area (Å²) in [4.78, 5) is 9.16. The van der Waals surface area contributed by atoms with Crippen LogP contribution in [-0.4, -0.2) is 18.0 Å². The molecule has 0 saturated heterocycles. The van der Waals surface area contributed by atoms with E-state index in [-0.39, 0.29) is 31.9 Å². The van der Waals surface area contributed by atoms with Crippen LogP contribution in [0.15, 0.2) is 116 Å². The first-order chi connectivity index (χ1) is 25.1. The summed E-state index contributed by atoms with van der Waals surface area (Å²) >= 11 is 1.75. The van der Waals surface area contributed by atoms with Crippen LogP contribution < -0.4 is 5.19 Å². The van der Waals surface area contributed by atoms with E-state index in [1.165, 1.54) is 26.6 Å². The summed E-state index contributed by atoms with van der Waals surface area (Å²) in [6.45, 7) is 14.4. The van der Waals surface area contributed by atoms with Crippen LogP contribution in [0.25, 0.3) is 53.8 Å². The van der Waals surface area contributed by atoms with Crippen LogP contribution in [0.1, 0.15) is 44.3 Å². The van der Waals surface area contributed by atoms with Crippen molar-refractivity contribution in [3.8, 4) is 33.6 Å². The zero-order valence-corrected chi connectivity index (χ0v) is 34.0. The van der Waals surface area contributed by atoms with Gasteiger partial charge in [-0.05, 0) is 74.5 Å². The van der Waals surface area contributed by atoms with Crippen LogP contribution in [0.2, 0.25) is 19.6 Å². The maximum atomic E-state index is 8.55. The first-order valence-corrected chi connectivity index (χ1v) is 21.3. The third kappa shape index (κ3) is 8.94. The minimum atomic E-state index is -1.67. The Morgan fingerprint density at radius 3 is 2.18 bits per heavy atom. The summed E-state index contributed by atoms with van der Waals surface area (Å²) < 4.78 is 36.4. The minimum absolute atomic E-state index is 0. The first kappa shape index (κ1) is 32.2. The zero-order chi connectivity index (χ0) is 38.1. The molecule has 7 rings (SSSR count). The Hall–Kier alpha value is -3.73. The van der Waals surface area contributed by atoms with Gasteiger partial charge in [0.05, 0.1) is 8.07 Å². The van der Waals surface area contributed by atoms with E-state index in [1.807, 2.05) is 82.4 Å². The van der Waals surface area contributed by atoms with Crippen LogP contribution in [0.4, 0.5) is 0 Å². The van der Waals surface area contributed by atoms with Crippen molar-refractivity contribution < 1.29 is 25.6 Å². The molecule has 0 N–H and O–H groups in total. The van der Waals surface area contributed by atoms with E-state index in [9.17, 15) is 0 Å². The largest absolute Gasteiger partial charge is 0.305 e. The molecule has 0 atom stereocenters. The smallest absolute Gasteiger partial charge is 0.0798 e. The Balaban J connectivity index is 0.000000217. The van der Waals surface area contributed by atoms with Gasteiger partial charge in [0, 0.05) is 42.7 Å². The van der Waals surface area contributed by atoms with Gasteiger partial charge in [-0.3, -0.25) is 0 Å². The van der Waals surface area contributed by atoms with Crippen LogP contribution in [-0.2, 0) is 32.9 Å². The molecule has 3 heterocycles. The molecule has 0 unspecified atom stereocenters. The maximum absolute atomic E-state index is 8.55. The third-order valence-corrected chi connectivity index (χ3v) is 11.4. The SMILES string of the molecule is [2H]C([2H])(c1cc(-c2[c-]cccc2)ncc1[Si](C)(C)C)C(C)C.[2H]C([2H])(c1ccnc(-c2[c-]ccc3c2sc2cc(-c4ccccc4)ccc23)c1)C(C)C.[Ir]. The van der Waals surface area contributed by atoms with Crippen molar-refractivity contribution in [1.29, 1.82) is 0 Å². The number of fused-ring (bicyclic) bond motifs is 3. The molecule has 0 saturated carbocycles. The molecule has 0 aliphatic rings. The van der Waals surface area contributed by atoms with E-state index in [4.69, 9.17) is 5.48 Å². The number of hydrogen-bond donors (Lipinski definition) is 0. The number of nitrogens with zero attached hydrogens (tertiary/aromatic N) is 2. The molecule has 257 valence electrons. The van der Waals surface area contributed by atoms with Gasteiger partial charge in [0.15, 0.2) is 0 Å². The fraction of sp³-hybridized carbons (Fsp3) is 0.244. The van der Waals surface area contributed by atoms with Gasteiger partial charge in [0.25, 0.3) is 0 Å². The fourth-order valence-electron chi connectivity index (χ4n) is 5.92. The predicted molar refractivity (Wildman–Crippen MR) is 215 cm³/mol.